The minimum atomic E-state index is -1.28. The number of amides is 7. The third-order valence-corrected chi connectivity index (χ3v) is 14.5. The fourth-order valence-electron chi connectivity index (χ4n) is 8.66. The zero-order chi connectivity index (χ0) is 47.3. The van der Waals surface area contributed by atoms with Crippen LogP contribution in [0.25, 0.3) is 10.9 Å². The summed E-state index contributed by atoms with van der Waals surface area (Å²) >= 11 is 0. The lowest BCUT2D eigenvalue weighted by Crippen LogP contribution is -2.60. The molecule has 0 spiro atoms. The first-order valence-corrected chi connectivity index (χ1v) is 24.9. The fourth-order valence-corrected chi connectivity index (χ4v) is 10.9. The van der Waals surface area contributed by atoms with E-state index in [0.717, 1.165) is 29.3 Å². The highest BCUT2D eigenvalue weighted by atomic mass is 33.1. The molecule has 8 atom stereocenters. The van der Waals surface area contributed by atoms with Gasteiger partial charge >= 0.3 is 0 Å². The van der Waals surface area contributed by atoms with Gasteiger partial charge in [-0.05, 0) is 56.2 Å². The van der Waals surface area contributed by atoms with Gasteiger partial charge in [-0.3, -0.25) is 39.0 Å². The molecule has 7 amide bonds. The topological polar surface area (TPSA) is 284 Å². The minimum absolute atomic E-state index is 0.0120. The number of nitrogens with one attached hydrogen (secondary N) is 8. The van der Waals surface area contributed by atoms with Crippen molar-refractivity contribution in [3.8, 4) is 0 Å². The van der Waals surface area contributed by atoms with Crippen LogP contribution in [0.2, 0.25) is 0 Å². The van der Waals surface area contributed by atoms with Crippen LogP contribution in [0.4, 0.5) is 0 Å². The molecule has 6 rings (SSSR count). The Labute approximate surface area is 391 Å². The Hall–Kier alpha value is -5.80. The second-order valence-electron chi connectivity index (χ2n) is 17.0. The van der Waals surface area contributed by atoms with E-state index in [2.05, 4.69) is 36.9 Å². The number of H-pyrrole nitrogens is 1. The molecule has 3 fully saturated rings. The summed E-state index contributed by atoms with van der Waals surface area (Å²) in [5.41, 5.74) is 7.75. The van der Waals surface area contributed by atoms with Crippen LogP contribution in [0.1, 0.15) is 63.5 Å². The van der Waals surface area contributed by atoms with Gasteiger partial charge in [0.25, 0.3) is 0 Å². The lowest BCUT2D eigenvalue weighted by molar-refractivity contribution is -0.142. The average Bonchev–Trinajstić information content (AvgIpc) is 4.03. The Morgan fingerprint density at radius 3 is 2.29 bits per heavy atom. The lowest BCUT2D eigenvalue weighted by atomic mass is 10.0. The molecule has 19 nitrogen and oxygen atoms in total. The van der Waals surface area contributed by atoms with Crippen LogP contribution in [0.3, 0.4) is 0 Å². The van der Waals surface area contributed by atoms with Gasteiger partial charge in [-0.2, -0.15) is 0 Å². The van der Waals surface area contributed by atoms with Crippen LogP contribution in [0.15, 0.2) is 60.8 Å². The summed E-state index contributed by atoms with van der Waals surface area (Å²) in [6.45, 7) is 3.76. The Balaban J connectivity index is 1.38. The molecule has 3 saturated heterocycles. The van der Waals surface area contributed by atoms with Crippen molar-refractivity contribution in [2.75, 3.05) is 31.1 Å². The van der Waals surface area contributed by atoms with Crippen molar-refractivity contribution in [2.24, 2.45) is 5.73 Å². The number of aliphatic hydroxyl groups is 1. The number of benzene rings is 2. The first-order chi connectivity index (χ1) is 31.7. The SMILES string of the molecule is CC(=O)N[C@H]1CCSSC[C@@H](C(=O)N2CCC[C@H]2C)NC(=O)[C@H](Cc2c[nH]c3ccccc23)NC(=O)[C@H](CCCNC(=N)N)NC(=O)[C@@H](Cc2ccccc2)NC(=O)[C@@H]2C[C@@H](O)CN2C1=O. The van der Waals surface area contributed by atoms with Gasteiger partial charge in [0.15, 0.2) is 5.96 Å². The van der Waals surface area contributed by atoms with E-state index in [1.165, 1.54) is 33.4 Å². The number of likely N-dealkylation sites (tertiary alicyclic amines) is 1. The highest BCUT2D eigenvalue weighted by Crippen LogP contribution is 2.28. The van der Waals surface area contributed by atoms with Gasteiger partial charge in [-0.25, -0.2) is 0 Å². The van der Waals surface area contributed by atoms with Gasteiger partial charge in [0.05, 0.1) is 6.10 Å². The predicted octanol–water partition coefficient (Wildman–Crippen LogP) is 0.418. The predicted molar refractivity (Wildman–Crippen MR) is 253 cm³/mol. The molecule has 11 N–H and O–H groups in total. The molecule has 3 aliphatic heterocycles. The average molecular weight is 948 g/mol. The second-order valence-corrected chi connectivity index (χ2v) is 19.7. The summed E-state index contributed by atoms with van der Waals surface area (Å²) in [4.78, 5) is 105. The Bertz CT molecular complexity index is 2230. The fraction of sp³-hybridized carbons (Fsp3) is 0.511. The zero-order valence-electron chi connectivity index (χ0n) is 37.2. The minimum Gasteiger partial charge on any atom is -0.391 e. The third-order valence-electron chi connectivity index (χ3n) is 12.1. The number of hydrogen-bond acceptors (Lipinski definition) is 11. The number of aromatic nitrogens is 1. The molecule has 0 unspecified atom stereocenters. The van der Waals surface area contributed by atoms with Crippen LogP contribution in [0.5, 0.6) is 0 Å². The largest absolute Gasteiger partial charge is 0.391 e. The maximum Gasteiger partial charge on any atom is 0.246 e. The highest BCUT2D eigenvalue weighted by molar-refractivity contribution is 8.76. The van der Waals surface area contributed by atoms with Crippen molar-refractivity contribution in [1.29, 1.82) is 5.41 Å². The van der Waals surface area contributed by atoms with Gasteiger partial charge in [0.2, 0.25) is 41.4 Å². The zero-order valence-corrected chi connectivity index (χ0v) is 38.8. The number of nitrogens with zero attached hydrogens (tertiary/aromatic N) is 2. The monoisotopic (exact) mass is 947 g/mol. The standard InChI is InChI=1S/C45H61N11O8S2/c1-26-10-9-18-55(26)44(64)37-25-66-65-19-16-34(50-27(2)57)43(63)56-24-30(58)22-38(56)42(62)53-35(20-28-11-4-3-5-12-28)40(60)51-33(15-8-17-48-45(46)47)39(59)52-36(41(61)54-37)21-29-23-49-32-14-7-6-13-31(29)32/h3-7,11-14,23,26,30,33-38,49,58H,8-10,15-22,24-25H2,1-2H3,(H,50,57)(H,51,60)(H,52,59)(H,53,62)(H,54,61)(H4,46,47,48)/t26-,30-,33+,34+,35-,36+,37+,38+/m1/s1. The Kier molecular flexibility index (Phi) is 17.7. The van der Waals surface area contributed by atoms with E-state index in [1.54, 1.807) is 41.4 Å². The molecule has 0 radical (unpaired) electrons. The van der Waals surface area contributed by atoms with Crippen LogP contribution in [-0.4, -0.2) is 147 Å². The number of fused-ring (bicyclic) bond motifs is 2. The van der Waals surface area contributed by atoms with E-state index >= 15 is 0 Å². The number of hydrogen-bond donors (Lipinski definition) is 10. The number of carbonyl (C=O) groups excluding carboxylic acids is 7. The van der Waals surface area contributed by atoms with Crippen molar-refractivity contribution in [3.63, 3.8) is 0 Å². The van der Waals surface area contributed by atoms with E-state index < -0.39 is 77.8 Å². The van der Waals surface area contributed by atoms with E-state index in [1.807, 2.05) is 31.2 Å². The van der Waals surface area contributed by atoms with Gasteiger partial charge in [-0.15, -0.1) is 0 Å². The Morgan fingerprint density at radius 1 is 0.879 bits per heavy atom. The van der Waals surface area contributed by atoms with E-state index in [9.17, 15) is 38.7 Å². The van der Waals surface area contributed by atoms with Crippen molar-refractivity contribution >= 4 is 79.8 Å². The molecule has 0 bridgehead atoms. The van der Waals surface area contributed by atoms with E-state index in [0.29, 0.717) is 17.9 Å². The smallest absolute Gasteiger partial charge is 0.246 e. The summed E-state index contributed by atoms with van der Waals surface area (Å²) in [7, 11) is 2.66. The summed E-state index contributed by atoms with van der Waals surface area (Å²) < 4.78 is 0. The molecule has 3 aromatic rings. The molecular weight excluding hydrogens is 887 g/mol. The maximum absolute atomic E-state index is 14.6. The van der Waals surface area contributed by atoms with Gasteiger partial charge in [0.1, 0.15) is 36.3 Å². The molecule has 356 valence electrons. The number of aliphatic hydroxyl groups excluding tert-OH is 1. The third kappa shape index (κ3) is 13.4. The number of rotatable bonds is 10. The summed E-state index contributed by atoms with van der Waals surface area (Å²) in [5.74, 6) is -3.91. The van der Waals surface area contributed by atoms with Gasteiger partial charge in [0, 0.05) is 80.5 Å². The number of nitrogens with two attached hydrogens (primary N) is 1. The van der Waals surface area contributed by atoms with Crippen LogP contribution in [0, 0.1) is 5.41 Å². The number of para-hydroxylation sites is 1. The number of aromatic amines is 1. The van der Waals surface area contributed by atoms with Crippen molar-refractivity contribution in [1.82, 2.24) is 46.7 Å². The Morgan fingerprint density at radius 2 is 1.56 bits per heavy atom. The molecule has 3 aliphatic rings. The molecule has 66 heavy (non-hydrogen) atoms. The second kappa shape index (κ2) is 23.6. The molecule has 0 aliphatic carbocycles. The van der Waals surface area contributed by atoms with Crippen molar-refractivity contribution < 1.29 is 38.7 Å². The molecule has 2 aromatic carbocycles. The van der Waals surface area contributed by atoms with Gasteiger partial charge in [-0.1, -0.05) is 70.1 Å². The van der Waals surface area contributed by atoms with Crippen LogP contribution >= 0.6 is 21.6 Å². The molecule has 21 heteroatoms. The molecular formula is C45H61N11O8S2. The molecule has 0 saturated carbocycles. The summed E-state index contributed by atoms with van der Waals surface area (Å²) in [5, 5.41) is 36.1. The van der Waals surface area contributed by atoms with Crippen molar-refractivity contribution in [3.05, 3.63) is 71.9 Å². The quantitative estimate of drug-likeness (QED) is 0.0573. The van der Waals surface area contributed by atoms with E-state index in [4.69, 9.17) is 11.1 Å². The molecule has 4 heterocycles. The highest BCUT2D eigenvalue weighted by Gasteiger charge is 2.43. The first kappa shape index (κ1) is 49.6. The van der Waals surface area contributed by atoms with Gasteiger partial charge < -0.3 is 57.5 Å². The van der Waals surface area contributed by atoms with Crippen LogP contribution in [-0.2, 0) is 46.4 Å². The van der Waals surface area contributed by atoms with E-state index in [-0.39, 0.29) is 75.3 Å². The van der Waals surface area contributed by atoms with Crippen LogP contribution < -0.4 is 37.6 Å². The first-order valence-electron chi connectivity index (χ1n) is 22.4. The normalized spacial score (nSPS) is 26.3. The summed E-state index contributed by atoms with van der Waals surface area (Å²) in [6.07, 6.45) is 2.63. The summed E-state index contributed by atoms with van der Waals surface area (Å²) in [6, 6.07) is 9.34. The molecule has 1 aromatic heterocycles. The maximum atomic E-state index is 14.6. The number of guanidine groups is 1. The van der Waals surface area contributed by atoms with Crippen molar-refractivity contribution in [2.45, 2.75) is 114 Å². The number of carbonyl (C=O) groups is 7. The lowest BCUT2D eigenvalue weighted by Gasteiger charge is -2.30.